The molecule has 1 aliphatic heterocycles. The van der Waals surface area contributed by atoms with Crippen LogP contribution < -0.4 is 5.32 Å². The van der Waals surface area contributed by atoms with Gasteiger partial charge < -0.3 is 10.2 Å². The molecule has 4 heteroatoms. The second-order valence-corrected chi connectivity index (χ2v) is 5.19. The van der Waals surface area contributed by atoms with E-state index in [0.29, 0.717) is 6.42 Å². The fourth-order valence-corrected chi connectivity index (χ4v) is 2.48. The minimum absolute atomic E-state index is 0.0583. The highest BCUT2D eigenvalue weighted by atomic mass is 16.2. The molecule has 1 saturated heterocycles. The number of likely N-dealkylation sites (tertiary alicyclic amines) is 1. The van der Waals surface area contributed by atoms with Crippen LogP contribution in [0.4, 0.5) is 10.5 Å². The van der Waals surface area contributed by atoms with Crippen LogP contribution in [0, 0.1) is 6.92 Å². The number of urea groups is 1. The van der Waals surface area contributed by atoms with E-state index < -0.39 is 0 Å². The average molecular weight is 260 g/mol. The van der Waals surface area contributed by atoms with Crippen LogP contribution in [-0.2, 0) is 4.79 Å². The van der Waals surface area contributed by atoms with Gasteiger partial charge in [-0.15, -0.1) is 0 Å². The second-order valence-electron chi connectivity index (χ2n) is 5.19. The molecular formula is C15H20N2O2. The number of benzene rings is 1. The Labute approximate surface area is 113 Å². The van der Waals surface area contributed by atoms with Crippen LogP contribution in [-0.4, -0.2) is 29.3 Å². The molecule has 1 aromatic rings. The van der Waals surface area contributed by atoms with Gasteiger partial charge in [0.25, 0.3) is 0 Å². The second kappa shape index (κ2) is 5.87. The molecule has 0 aromatic heterocycles. The third-order valence-electron chi connectivity index (χ3n) is 3.46. The number of carbonyl (C=O) groups excluding carboxylic acids is 2. The Morgan fingerprint density at radius 3 is 2.63 bits per heavy atom. The molecule has 1 aromatic carbocycles. The molecule has 2 rings (SSSR count). The van der Waals surface area contributed by atoms with E-state index in [9.17, 15) is 9.59 Å². The van der Waals surface area contributed by atoms with E-state index in [4.69, 9.17) is 0 Å². The smallest absolute Gasteiger partial charge is 0.321 e. The van der Waals surface area contributed by atoms with Crippen LogP contribution in [0.2, 0.25) is 0 Å². The number of ketones is 1. The van der Waals surface area contributed by atoms with Crippen molar-refractivity contribution in [3.63, 3.8) is 0 Å². The van der Waals surface area contributed by atoms with E-state index in [1.807, 2.05) is 31.2 Å². The van der Waals surface area contributed by atoms with Crippen molar-refractivity contribution in [3.8, 4) is 0 Å². The van der Waals surface area contributed by atoms with Crippen molar-refractivity contribution in [2.24, 2.45) is 0 Å². The van der Waals surface area contributed by atoms with Gasteiger partial charge in [0.05, 0.1) is 0 Å². The molecule has 1 N–H and O–H groups in total. The first-order valence-electron chi connectivity index (χ1n) is 6.70. The fraction of sp³-hybridized carbons (Fsp3) is 0.467. The quantitative estimate of drug-likeness (QED) is 0.908. The van der Waals surface area contributed by atoms with Crippen LogP contribution in [0.15, 0.2) is 24.3 Å². The SMILES string of the molecule is CC(=O)CC1CCCN1C(=O)Nc1ccc(C)cc1. The number of carbonyl (C=O) groups is 2. The molecular weight excluding hydrogens is 240 g/mol. The van der Waals surface area contributed by atoms with Crippen LogP contribution in [0.25, 0.3) is 0 Å². The Hall–Kier alpha value is -1.84. The van der Waals surface area contributed by atoms with Crippen molar-refractivity contribution in [3.05, 3.63) is 29.8 Å². The highest BCUT2D eigenvalue weighted by Crippen LogP contribution is 2.21. The number of hydrogen-bond donors (Lipinski definition) is 1. The molecule has 4 nitrogen and oxygen atoms in total. The van der Waals surface area contributed by atoms with Gasteiger partial charge in [-0.05, 0) is 38.8 Å². The molecule has 2 amide bonds. The van der Waals surface area contributed by atoms with Crippen molar-refractivity contribution >= 4 is 17.5 Å². The largest absolute Gasteiger partial charge is 0.322 e. The van der Waals surface area contributed by atoms with E-state index in [1.165, 1.54) is 0 Å². The molecule has 0 spiro atoms. The number of hydrogen-bond acceptors (Lipinski definition) is 2. The van der Waals surface area contributed by atoms with Gasteiger partial charge in [0.1, 0.15) is 5.78 Å². The van der Waals surface area contributed by atoms with Gasteiger partial charge in [0.2, 0.25) is 0 Å². The zero-order valence-electron chi connectivity index (χ0n) is 11.5. The lowest BCUT2D eigenvalue weighted by atomic mass is 10.1. The van der Waals surface area contributed by atoms with Crippen LogP contribution in [0.1, 0.15) is 31.7 Å². The van der Waals surface area contributed by atoms with Gasteiger partial charge in [-0.3, -0.25) is 4.79 Å². The van der Waals surface area contributed by atoms with E-state index in [-0.39, 0.29) is 17.9 Å². The molecule has 1 heterocycles. The van der Waals surface area contributed by atoms with Gasteiger partial charge in [-0.1, -0.05) is 17.7 Å². The summed E-state index contributed by atoms with van der Waals surface area (Å²) in [7, 11) is 0. The minimum Gasteiger partial charge on any atom is -0.321 e. The summed E-state index contributed by atoms with van der Waals surface area (Å²) in [4.78, 5) is 25.2. The summed E-state index contributed by atoms with van der Waals surface area (Å²) >= 11 is 0. The molecule has 1 unspecified atom stereocenters. The maximum atomic E-state index is 12.2. The molecule has 0 saturated carbocycles. The first-order valence-corrected chi connectivity index (χ1v) is 6.70. The predicted octanol–water partition coefficient (Wildman–Crippen LogP) is 2.97. The summed E-state index contributed by atoms with van der Waals surface area (Å²) in [6, 6.07) is 7.67. The molecule has 1 atom stereocenters. The standard InChI is InChI=1S/C15H20N2O2/c1-11-5-7-13(8-6-11)16-15(19)17-9-3-4-14(17)10-12(2)18/h5-8,14H,3-4,9-10H2,1-2H3,(H,16,19). The third kappa shape index (κ3) is 3.56. The van der Waals surface area contributed by atoms with Gasteiger partial charge >= 0.3 is 6.03 Å². The topological polar surface area (TPSA) is 49.4 Å². The van der Waals surface area contributed by atoms with Crippen molar-refractivity contribution in [2.45, 2.75) is 39.2 Å². The van der Waals surface area contributed by atoms with Gasteiger partial charge in [0, 0.05) is 24.7 Å². The highest BCUT2D eigenvalue weighted by molar-refractivity contribution is 5.90. The molecule has 0 aliphatic carbocycles. The number of nitrogens with one attached hydrogen (secondary N) is 1. The minimum atomic E-state index is -0.104. The van der Waals surface area contributed by atoms with E-state index >= 15 is 0 Å². The fourth-order valence-electron chi connectivity index (χ4n) is 2.48. The monoisotopic (exact) mass is 260 g/mol. The Morgan fingerprint density at radius 2 is 2.00 bits per heavy atom. The van der Waals surface area contributed by atoms with Crippen molar-refractivity contribution in [1.29, 1.82) is 0 Å². The van der Waals surface area contributed by atoms with Crippen molar-refractivity contribution in [1.82, 2.24) is 4.90 Å². The molecule has 19 heavy (non-hydrogen) atoms. The first kappa shape index (κ1) is 13.6. The molecule has 1 fully saturated rings. The molecule has 102 valence electrons. The lowest BCUT2D eigenvalue weighted by molar-refractivity contribution is -0.117. The summed E-state index contributed by atoms with van der Waals surface area (Å²) < 4.78 is 0. The Bertz CT molecular complexity index is 468. The lowest BCUT2D eigenvalue weighted by Crippen LogP contribution is -2.39. The van der Waals surface area contributed by atoms with Gasteiger partial charge in [-0.25, -0.2) is 4.79 Å². The Kier molecular flexibility index (Phi) is 4.20. The van der Waals surface area contributed by atoms with E-state index in [1.54, 1.807) is 11.8 Å². The number of amides is 2. The number of aryl methyl sites for hydroxylation is 1. The zero-order chi connectivity index (χ0) is 13.8. The zero-order valence-corrected chi connectivity index (χ0v) is 11.5. The third-order valence-corrected chi connectivity index (χ3v) is 3.46. The summed E-state index contributed by atoms with van der Waals surface area (Å²) in [6.07, 6.45) is 2.35. The Morgan fingerprint density at radius 1 is 1.32 bits per heavy atom. The van der Waals surface area contributed by atoms with Gasteiger partial charge in [0.15, 0.2) is 0 Å². The summed E-state index contributed by atoms with van der Waals surface area (Å²) in [5, 5.41) is 2.89. The number of rotatable bonds is 3. The highest BCUT2D eigenvalue weighted by Gasteiger charge is 2.29. The number of nitrogens with zero attached hydrogens (tertiary/aromatic N) is 1. The van der Waals surface area contributed by atoms with Gasteiger partial charge in [-0.2, -0.15) is 0 Å². The predicted molar refractivity (Wildman–Crippen MR) is 75.2 cm³/mol. The average Bonchev–Trinajstić information content (AvgIpc) is 2.79. The summed E-state index contributed by atoms with van der Waals surface area (Å²) in [6.45, 7) is 4.32. The molecule has 0 radical (unpaired) electrons. The lowest BCUT2D eigenvalue weighted by Gasteiger charge is -2.24. The summed E-state index contributed by atoms with van der Waals surface area (Å²) in [5.74, 6) is 0.139. The van der Waals surface area contributed by atoms with Crippen molar-refractivity contribution < 1.29 is 9.59 Å². The summed E-state index contributed by atoms with van der Waals surface area (Å²) in [5.41, 5.74) is 1.96. The van der Waals surface area contributed by atoms with Crippen LogP contribution >= 0.6 is 0 Å². The van der Waals surface area contributed by atoms with Crippen LogP contribution in [0.3, 0.4) is 0 Å². The van der Waals surface area contributed by atoms with E-state index in [2.05, 4.69) is 5.32 Å². The normalized spacial score (nSPS) is 18.4. The van der Waals surface area contributed by atoms with Crippen molar-refractivity contribution in [2.75, 3.05) is 11.9 Å². The number of Topliss-reactive ketones (excluding diaryl/α,β-unsaturated/α-hetero) is 1. The van der Waals surface area contributed by atoms with Crippen LogP contribution in [0.5, 0.6) is 0 Å². The maximum absolute atomic E-state index is 12.2. The number of anilines is 1. The first-order chi connectivity index (χ1) is 9.06. The maximum Gasteiger partial charge on any atom is 0.322 e. The molecule has 1 aliphatic rings. The van der Waals surface area contributed by atoms with E-state index in [0.717, 1.165) is 30.6 Å². The Balaban J connectivity index is 1.98. The molecule has 0 bridgehead atoms.